The van der Waals surface area contributed by atoms with Crippen molar-refractivity contribution in [2.45, 2.75) is 19.1 Å². The number of carboxylic acids is 1. The smallest absolute Gasteiger partial charge is 0.308 e. The van der Waals surface area contributed by atoms with Gasteiger partial charge in [-0.25, -0.2) is 0 Å². The Bertz CT molecular complexity index is 761. The molecule has 0 fully saturated rings. The molecule has 0 aliphatic carbocycles. The third-order valence-corrected chi connectivity index (χ3v) is 5.15. The fourth-order valence-corrected chi connectivity index (χ4v) is 3.31. The molecule has 0 aliphatic rings. The topological polar surface area (TPSA) is 75.6 Å². The van der Waals surface area contributed by atoms with Crippen molar-refractivity contribution in [1.82, 2.24) is 5.32 Å². The number of amides is 1. The Labute approximate surface area is 164 Å². The minimum Gasteiger partial charge on any atom is -0.496 e. The molecule has 0 aromatic heterocycles. The number of hydrogen-bond donors (Lipinski definition) is 2. The second-order valence-corrected chi connectivity index (χ2v) is 7.37. The van der Waals surface area contributed by atoms with E-state index in [1.54, 1.807) is 25.3 Å². The van der Waals surface area contributed by atoms with Crippen LogP contribution >= 0.6 is 11.8 Å². The molecular formula is C21H25NO4S. The zero-order chi connectivity index (χ0) is 19.6. The van der Waals surface area contributed by atoms with Gasteiger partial charge in [-0.15, -0.1) is 0 Å². The monoisotopic (exact) mass is 387 g/mol. The maximum Gasteiger partial charge on any atom is 0.308 e. The zero-order valence-corrected chi connectivity index (χ0v) is 16.4. The molecule has 0 radical (unpaired) electrons. The first kappa shape index (κ1) is 20.8. The van der Waals surface area contributed by atoms with Crippen LogP contribution in [-0.2, 0) is 17.0 Å². The van der Waals surface area contributed by atoms with E-state index < -0.39 is 11.9 Å². The summed E-state index contributed by atoms with van der Waals surface area (Å²) in [7, 11) is 1.55. The maximum absolute atomic E-state index is 12.3. The summed E-state index contributed by atoms with van der Waals surface area (Å²) in [5.41, 5.74) is 2.50. The molecule has 0 saturated heterocycles. The molecule has 0 heterocycles. The van der Waals surface area contributed by atoms with E-state index in [-0.39, 0.29) is 18.9 Å². The van der Waals surface area contributed by atoms with Crippen LogP contribution in [-0.4, -0.2) is 36.4 Å². The van der Waals surface area contributed by atoms with Crippen molar-refractivity contribution < 1.29 is 19.4 Å². The molecule has 1 amide bonds. The highest BCUT2D eigenvalue weighted by Crippen LogP contribution is 2.21. The Hall–Kier alpha value is -2.47. The van der Waals surface area contributed by atoms with Crippen LogP contribution in [0.1, 0.15) is 28.4 Å². The summed E-state index contributed by atoms with van der Waals surface area (Å²) in [5, 5.41) is 12.2. The Morgan fingerprint density at radius 1 is 1.15 bits per heavy atom. The second-order valence-electron chi connectivity index (χ2n) is 6.10. The molecule has 0 aliphatic heterocycles. The number of hydrogen-bond acceptors (Lipinski definition) is 4. The van der Waals surface area contributed by atoms with E-state index in [0.29, 0.717) is 11.3 Å². The van der Waals surface area contributed by atoms with Gasteiger partial charge in [-0.1, -0.05) is 37.3 Å². The van der Waals surface area contributed by atoms with Crippen LogP contribution in [0.25, 0.3) is 0 Å². The SMILES string of the molecule is CCSCc1ccc(C(=O)NCC(Cc2ccccc2OC)C(=O)O)cc1. The largest absolute Gasteiger partial charge is 0.496 e. The van der Waals surface area contributed by atoms with Gasteiger partial charge in [0.25, 0.3) is 5.91 Å². The zero-order valence-electron chi connectivity index (χ0n) is 15.6. The number of carbonyl (C=O) groups is 2. The molecule has 6 heteroatoms. The Morgan fingerprint density at radius 3 is 2.48 bits per heavy atom. The minimum atomic E-state index is -0.951. The quantitative estimate of drug-likeness (QED) is 0.651. The van der Waals surface area contributed by atoms with Crippen molar-refractivity contribution in [3.8, 4) is 5.75 Å². The van der Waals surface area contributed by atoms with Gasteiger partial charge in [-0.3, -0.25) is 9.59 Å². The first-order valence-corrected chi connectivity index (χ1v) is 10.00. The lowest BCUT2D eigenvalue weighted by atomic mass is 9.98. The summed E-state index contributed by atoms with van der Waals surface area (Å²) in [4.78, 5) is 23.9. The van der Waals surface area contributed by atoms with E-state index in [1.807, 2.05) is 42.1 Å². The van der Waals surface area contributed by atoms with Gasteiger partial charge in [0.05, 0.1) is 13.0 Å². The molecule has 0 spiro atoms. The van der Waals surface area contributed by atoms with Crippen LogP contribution in [0.15, 0.2) is 48.5 Å². The number of ether oxygens (including phenoxy) is 1. The highest BCUT2D eigenvalue weighted by Gasteiger charge is 2.21. The van der Waals surface area contributed by atoms with Gasteiger partial charge in [-0.2, -0.15) is 11.8 Å². The van der Waals surface area contributed by atoms with Gasteiger partial charge in [0.15, 0.2) is 0 Å². The summed E-state index contributed by atoms with van der Waals surface area (Å²) < 4.78 is 5.28. The third kappa shape index (κ3) is 6.32. The van der Waals surface area contributed by atoms with E-state index >= 15 is 0 Å². The number of methoxy groups -OCH3 is 1. The standard InChI is InChI=1S/C21H25NO4S/c1-3-27-14-15-8-10-16(11-9-15)20(23)22-13-18(21(24)25)12-17-6-4-5-7-19(17)26-2/h4-11,18H,3,12-14H2,1-2H3,(H,22,23)(H,24,25). The lowest BCUT2D eigenvalue weighted by Gasteiger charge is -2.15. The van der Waals surface area contributed by atoms with E-state index in [4.69, 9.17) is 4.74 Å². The summed E-state index contributed by atoms with van der Waals surface area (Å²) in [5.74, 6) is 0.661. The fourth-order valence-electron chi connectivity index (χ4n) is 2.67. The number of thioether (sulfide) groups is 1. The molecule has 2 aromatic carbocycles. The van der Waals surface area contributed by atoms with E-state index in [0.717, 1.165) is 22.6 Å². The van der Waals surface area contributed by atoms with Crippen LogP contribution in [0.4, 0.5) is 0 Å². The van der Waals surface area contributed by atoms with Crippen molar-refractivity contribution in [2.75, 3.05) is 19.4 Å². The first-order chi connectivity index (χ1) is 13.0. The molecule has 0 bridgehead atoms. The van der Waals surface area contributed by atoms with Crippen molar-refractivity contribution in [1.29, 1.82) is 0 Å². The average molecular weight is 388 g/mol. The van der Waals surface area contributed by atoms with E-state index in [1.165, 1.54) is 0 Å². The van der Waals surface area contributed by atoms with Gasteiger partial charge < -0.3 is 15.2 Å². The van der Waals surface area contributed by atoms with Gasteiger partial charge in [-0.05, 0) is 41.5 Å². The van der Waals surface area contributed by atoms with Crippen LogP contribution in [0.2, 0.25) is 0 Å². The molecule has 0 saturated carbocycles. The first-order valence-electron chi connectivity index (χ1n) is 8.84. The molecule has 1 atom stereocenters. The predicted molar refractivity (Wildman–Crippen MR) is 108 cm³/mol. The molecule has 2 aromatic rings. The Kier molecular flexibility index (Phi) is 8.20. The van der Waals surface area contributed by atoms with Gasteiger partial charge >= 0.3 is 5.97 Å². The predicted octanol–water partition coefficient (Wildman–Crippen LogP) is 3.62. The summed E-state index contributed by atoms with van der Waals surface area (Å²) in [6, 6.07) is 14.7. The molecule has 27 heavy (non-hydrogen) atoms. The van der Waals surface area contributed by atoms with Crippen LogP contribution in [0.5, 0.6) is 5.75 Å². The number of para-hydroxylation sites is 1. The number of rotatable bonds is 10. The van der Waals surface area contributed by atoms with Crippen LogP contribution < -0.4 is 10.1 Å². The van der Waals surface area contributed by atoms with Crippen LogP contribution in [0.3, 0.4) is 0 Å². The molecule has 2 N–H and O–H groups in total. The number of carboxylic acid groups (broad SMARTS) is 1. The van der Waals surface area contributed by atoms with Crippen molar-refractivity contribution in [3.63, 3.8) is 0 Å². The average Bonchev–Trinajstić information content (AvgIpc) is 2.69. The van der Waals surface area contributed by atoms with Gasteiger partial charge in [0.2, 0.25) is 0 Å². The highest BCUT2D eigenvalue weighted by atomic mass is 32.2. The Morgan fingerprint density at radius 2 is 1.85 bits per heavy atom. The van der Waals surface area contributed by atoms with E-state index in [2.05, 4.69) is 12.2 Å². The van der Waals surface area contributed by atoms with Gasteiger partial charge in [0.1, 0.15) is 5.75 Å². The summed E-state index contributed by atoms with van der Waals surface area (Å²) in [6.45, 7) is 2.16. The number of aliphatic carboxylic acids is 1. The molecule has 2 rings (SSSR count). The third-order valence-electron chi connectivity index (χ3n) is 4.21. The molecule has 5 nitrogen and oxygen atoms in total. The highest BCUT2D eigenvalue weighted by molar-refractivity contribution is 7.98. The number of carbonyl (C=O) groups excluding carboxylic acids is 1. The molecular weight excluding hydrogens is 362 g/mol. The fraction of sp³-hybridized carbons (Fsp3) is 0.333. The maximum atomic E-state index is 12.3. The molecule has 1 unspecified atom stereocenters. The summed E-state index contributed by atoms with van der Waals surface area (Å²) >= 11 is 1.82. The second kappa shape index (κ2) is 10.6. The van der Waals surface area contributed by atoms with Crippen LogP contribution in [0, 0.1) is 5.92 Å². The number of nitrogens with one attached hydrogen (secondary N) is 1. The summed E-state index contributed by atoms with van der Waals surface area (Å²) in [6.07, 6.45) is 0.285. The lowest BCUT2D eigenvalue weighted by molar-refractivity contribution is -0.141. The van der Waals surface area contributed by atoms with Crippen molar-refractivity contribution >= 4 is 23.6 Å². The lowest BCUT2D eigenvalue weighted by Crippen LogP contribution is -2.34. The van der Waals surface area contributed by atoms with Gasteiger partial charge in [0, 0.05) is 17.9 Å². The van der Waals surface area contributed by atoms with Crippen molar-refractivity contribution in [2.24, 2.45) is 5.92 Å². The van der Waals surface area contributed by atoms with E-state index in [9.17, 15) is 14.7 Å². The number of benzene rings is 2. The Balaban J connectivity index is 1.97. The minimum absolute atomic E-state index is 0.0552. The van der Waals surface area contributed by atoms with Crippen molar-refractivity contribution in [3.05, 3.63) is 65.2 Å². The normalized spacial score (nSPS) is 11.6. The molecule has 144 valence electrons.